The third kappa shape index (κ3) is 5.69. The maximum absolute atomic E-state index is 3.00. The molecule has 0 amide bonds. The average molecular weight is 227 g/mol. The van der Waals surface area contributed by atoms with Crippen molar-refractivity contribution in [3.63, 3.8) is 0 Å². The van der Waals surface area contributed by atoms with Crippen LogP contribution >= 0.6 is 0 Å². The molecule has 0 saturated heterocycles. The summed E-state index contributed by atoms with van der Waals surface area (Å²) in [7, 11) is 0. The van der Waals surface area contributed by atoms with Gasteiger partial charge in [0.2, 0.25) is 0 Å². The molecule has 3 N–H and O–H groups in total. The second-order valence-electron chi connectivity index (χ2n) is 3.47. The molecule has 0 radical (unpaired) electrons. The molecule has 2 aromatic rings. The molecular formula is C16H21N. The second-order valence-corrected chi connectivity index (χ2v) is 3.47. The lowest BCUT2D eigenvalue weighted by Crippen LogP contribution is -1.89. The van der Waals surface area contributed by atoms with Crippen molar-refractivity contribution in [1.82, 2.24) is 6.15 Å². The van der Waals surface area contributed by atoms with Crippen LogP contribution < -0.4 is 6.15 Å². The van der Waals surface area contributed by atoms with E-state index in [9.17, 15) is 0 Å². The lowest BCUT2D eigenvalue weighted by atomic mass is 10.0. The Kier molecular flexibility index (Phi) is 8.35. The molecule has 0 aliphatic rings. The smallest absolute Gasteiger partial charge is 0.0238 e. The van der Waals surface area contributed by atoms with Crippen LogP contribution in [0.25, 0.3) is 0 Å². The van der Waals surface area contributed by atoms with Crippen LogP contribution in [-0.2, 0) is 12.8 Å². The number of rotatable bonds is 3. The minimum absolute atomic E-state index is 0. The van der Waals surface area contributed by atoms with Crippen molar-refractivity contribution in [2.75, 3.05) is 0 Å². The van der Waals surface area contributed by atoms with Crippen LogP contribution in [0.5, 0.6) is 0 Å². The van der Waals surface area contributed by atoms with Crippen LogP contribution in [0, 0.1) is 0 Å². The average Bonchev–Trinajstić information content (AvgIpc) is 2.41. The zero-order valence-electron chi connectivity index (χ0n) is 10.3. The van der Waals surface area contributed by atoms with Gasteiger partial charge < -0.3 is 6.15 Å². The molecule has 17 heavy (non-hydrogen) atoms. The second kappa shape index (κ2) is 9.37. The maximum atomic E-state index is 3.00. The predicted molar refractivity (Wildman–Crippen MR) is 76.6 cm³/mol. The highest BCUT2D eigenvalue weighted by atomic mass is 14.0. The fourth-order valence-corrected chi connectivity index (χ4v) is 1.58. The highest BCUT2D eigenvalue weighted by molar-refractivity contribution is 5.19. The molecule has 1 nitrogen and oxygen atoms in total. The molecule has 1 heteroatoms. The SMILES string of the molecule is C=C.N.c1ccc(CCc2ccccc2)cc1. The van der Waals surface area contributed by atoms with Gasteiger partial charge in [-0.1, -0.05) is 60.7 Å². The van der Waals surface area contributed by atoms with Gasteiger partial charge in [-0.15, -0.1) is 13.2 Å². The van der Waals surface area contributed by atoms with Crippen LogP contribution in [-0.4, -0.2) is 0 Å². The van der Waals surface area contributed by atoms with Crippen LogP contribution in [0.3, 0.4) is 0 Å². The summed E-state index contributed by atoms with van der Waals surface area (Å²) < 4.78 is 0. The van der Waals surface area contributed by atoms with Crippen molar-refractivity contribution in [2.45, 2.75) is 12.8 Å². The van der Waals surface area contributed by atoms with Gasteiger partial charge in [-0.25, -0.2) is 0 Å². The van der Waals surface area contributed by atoms with Gasteiger partial charge in [0.05, 0.1) is 0 Å². The van der Waals surface area contributed by atoms with E-state index in [2.05, 4.69) is 73.8 Å². The molecule has 0 aliphatic carbocycles. The first-order chi connectivity index (χ1) is 7.95. The monoisotopic (exact) mass is 227 g/mol. The number of hydrogen-bond acceptors (Lipinski definition) is 1. The predicted octanol–water partition coefficient (Wildman–Crippen LogP) is 4.44. The van der Waals surface area contributed by atoms with Crippen molar-refractivity contribution < 1.29 is 0 Å². The molecule has 0 aromatic heterocycles. The third-order valence-corrected chi connectivity index (χ3v) is 2.39. The van der Waals surface area contributed by atoms with E-state index in [1.165, 1.54) is 11.1 Å². The molecule has 0 saturated carbocycles. The first kappa shape index (κ1) is 15.1. The molecule has 2 rings (SSSR count). The van der Waals surface area contributed by atoms with E-state index < -0.39 is 0 Å². The van der Waals surface area contributed by atoms with E-state index in [0.29, 0.717) is 0 Å². The van der Waals surface area contributed by atoms with Crippen molar-refractivity contribution >= 4 is 0 Å². The van der Waals surface area contributed by atoms with Crippen LogP contribution in [0.15, 0.2) is 73.8 Å². The van der Waals surface area contributed by atoms with Crippen LogP contribution in [0.4, 0.5) is 0 Å². The Labute approximate surface area is 104 Å². The van der Waals surface area contributed by atoms with Crippen molar-refractivity contribution in [3.8, 4) is 0 Å². The largest absolute Gasteiger partial charge is 0.344 e. The van der Waals surface area contributed by atoms with E-state index in [4.69, 9.17) is 0 Å². The topological polar surface area (TPSA) is 35.0 Å². The van der Waals surface area contributed by atoms with E-state index in [1.807, 2.05) is 0 Å². The molecule has 0 fully saturated rings. The summed E-state index contributed by atoms with van der Waals surface area (Å²) in [6.07, 6.45) is 2.26. The minimum atomic E-state index is 0. The number of aryl methyl sites for hydroxylation is 2. The van der Waals surface area contributed by atoms with Crippen molar-refractivity contribution in [3.05, 3.63) is 84.9 Å². The zero-order chi connectivity index (χ0) is 11.6. The normalized spacial score (nSPS) is 8.47. The van der Waals surface area contributed by atoms with E-state index in [0.717, 1.165) is 12.8 Å². The van der Waals surface area contributed by atoms with Gasteiger partial charge in [-0.05, 0) is 24.0 Å². The Balaban J connectivity index is 0.000000811. The summed E-state index contributed by atoms with van der Waals surface area (Å²) in [5.74, 6) is 0. The quantitative estimate of drug-likeness (QED) is 0.773. The van der Waals surface area contributed by atoms with Gasteiger partial charge in [-0.2, -0.15) is 0 Å². The first-order valence-corrected chi connectivity index (χ1v) is 5.53. The van der Waals surface area contributed by atoms with Gasteiger partial charge >= 0.3 is 0 Å². The molecule has 2 aromatic carbocycles. The molecule has 0 bridgehead atoms. The van der Waals surface area contributed by atoms with Crippen molar-refractivity contribution in [2.24, 2.45) is 0 Å². The molecule has 0 spiro atoms. The summed E-state index contributed by atoms with van der Waals surface area (Å²) in [6.45, 7) is 6.00. The Bertz CT molecular complexity index is 341. The third-order valence-electron chi connectivity index (χ3n) is 2.39. The summed E-state index contributed by atoms with van der Waals surface area (Å²) in [4.78, 5) is 0. The van der Waals surface area contributed by atoms with Crippen LogP contribution in [0.1, 0.15) is 11.1 Å². The van der Waals surface area contributed by atoms with E-state index in [1.54, 1.807) is 0 Å². The van der Waals surface area contributed by atoms with E-state index in [-0.39, 0.29) is 6.15 Å². The highest BCUT2D eigenvalue weighted by Gasteiger charge is 1.93. The Hall–Kier alpha value is -1.86. The summed E-state index contributed by atoms with van der Waals surface area (Å²) >= 11 is 0. The van der Waals surface area contributed by atoms with Gasteiger partial charge in [0.1, 0.15) is 0 Å². The summed E-state index contributed by atoms with van der Waals surface area (Å²) in [6, 6.07) is 21.2. The molecule has 0 unspecified atom stereocenters. The first-order valence-electron chi connectivity index (χ1n) is 5.53. The van der Waals surface area contributed by atoms with Gasteiger partial charge in [0.25, 0.3) is 0 Å². The van der Waals surface area contributed by atoms with Gasteiger partial charge in [0, 0.05) is 0 Å². The standard InChI is InChI=1S/C14H14.C2H4.H3N/c1-3-7-13(8-4-1)11-12-14-9-5-2-6-10-14;1-2;/h1-10H,11-12H2;1-2H2;1H3. The Morgan fingerprint density at radius 1 is 0.588 bits per heavy atom. The van der Waals surface area contributed by atoms with E-state index >= 15 is 0 Å². The minimum Gasteiger partial charge on any atom is -0.344 e. The maximum Gasteiger partial charge on any atom is -0.0238 e. The molecular weight excluding hydrogens is 206 g/mol. The molecule has 0 heterocycles. The lowest BCUT2D eigenvalue weighted by molar-refractivity contribution is 0.960. The fraction of sp³-hybridized carbons (Fsp3) is 0.125. The van der Waals surface area contributed by atoms with Crippen LogP contribution in [0.2, 0.25) is 0 Å². The number of hydrogen-bond donors (Lipinski definition) is 1. The Morgan fingerprint density at radius 2 is 0.882 bits per heavy atom. The molecule has 0 aliphatic heterocycles. The lowest BCUT2D eigenvalue weighted by Gasteiger charge is -2.01. The zero-order valence-corrected chi connectivity index (χ0v) is 10.3. The molecule has 0 atom stereocenters. The van der Waals surface area contributed by atoms with Gasteiger partial charge in [-0.3, -0.25) is 0 Å². The van der Waals surface area contributed by atoms with Gasteiger partial charge in [0.15, 0.2) is 0 Å². The highest BCUT2D eigenvalue weighted by Crippen LogP contribution is 2.06. The summed E-state index contributed by atoms with van der Waals surface area (Å²) in [5.41, 5.74) is 2.83. The number of benzene rings is 2. The summed E-state index contributed by atoms with van der Waals surface area (Å²) in [5, 5.41) is 0. The van der Waals surface area contributed by atoms with Crippen molar-refractivity contribution in [1.29, 1.82) is 0 Å². The fourth-order valence-electron chi connectivity index (χ4n) is 1.58. The molecule has 90 valence electrons. The Morgan fingerprint density at radius 3 is 1.18 bits per heavy atom.